The van der Waals surface area contributed by atoms with Crippen LogP contribution in [-0.4, -0.2) is 37.2 Å². The molecule has 0 aliphatic rings. The van der Waals surface area contributed by atoms with Gasteiger partial charge in [-0.2, -0.15) is 0 Å². The minimum Gasteiger partial charge on any atom is -0.361 e. The van der Waals surface area contributed by atoms with Crippen LogP contribution in [-0.2, 0) is 6.54 Å². The van der Waals surface area contributed by atoms with Crippen molar-refractivity contribution in [2.75, 3.05) is 27.2 Å². The molecule has 94 valence electrons. The summed E-state index contributed by atoms with van der Waals surface area (Å²) in [6.45, 7) is 4.71. The lowest BCUT2D eigenvalue weighted by Gasteiger charge is -2.13. The third-order valence-electron chi connectivity index (χ3n) is 2.42. The summed E-state index contributed by atoms with van der Waals surface area (Å²) >= 11 is 5.19. The third kappa shape index (κ3) is 6.24. The fourth-order valence-electron chi connectivity index (χ4n) is 1.34. The minimum absolute atomic E-state index is 0.715. The molecule has 0 spiro atoms. The van der Waals surface area contributed by atoms with Gasteiger partial charge in [-0.3, -0.25) is 0 Å². The van der Waals surface area contributed by atoms with E-state index in [9.17, 15) is 0 Å². The Kier molecular flexibility index (Phi) is 5.94. The lowest BCUT2D eigenvalue weighted by Crippen LogP contribution is -2.38. The van der Waals surface area contributed by atoms with Gasteiger partial charge in [-0.1, -0.05) is 29.8 Å². The summed E-state index contributed by atoms with van der Waals surface area (Å²) in [7, 11) is 4.09. The van der Waals surface area contributed by atoms with Crippen LogP contribution in [0.4, 0.5) is 0 Å². The molecule has 0 saturated carbocycles. The summed E-state index contributed by atoms with van der Waals surface area (Å²) in [5, 5.41) is 7.08. The van der Waals surface area contributed by atoms with Crippen LogP contribution in [0.1, 0.15) is 11.1 Å². The van der Waals surface area contributed by atoms with E-state index in [1.807, 2.05) is 14.1 Å². The summed E-state index contributed by atoms with van der Waals surface area (Å²) in [5.74, 6) is 0. The van der Waals surface area contributed by atoms with Gasteiger partial charge in [0, 0.05) is 19.6 Å². The van der Waals surface area contributed by atoms with E-state index in [1.165, 1.54) is 11.1 Å². The SMILES string of the molecule is Cc1ccc(CNC(=S)NCCN(C)C)cc1. The van der Waals surface area contributed by atoms with Crippen LogP contribution in [0, 0.1) is 6.92 Å². The zero-order valence-corrected chi connectivity index (χ0v) is 11.6. The fraction of sp³-hybridized carbons (Fsp3) is 0.462. The zero-order chi connectivity index (χ0) is 12.7. The predicted octanol–water partition coefficient (Wildman–Crippen LogP) is 1.52. The first-order chi connectivity index (χ1) is 8.08. The van der Waals surface area contributed by atoms with Crippen LogP contribution in [0.5, 0.6) is 0 Å². The molecule has 0 saturated heterocycles. The first kappa shape index (κ1) is 13.9. The number of likely N-dealkylation sites (N-methyl/N-ethyl adjacent to an activating group) is 1. The molecule has 0 radical (unpaired) electrons. The standard InChI is InChI=1S/C13H21N3S/c1-11-4-6-12(7-5-11)10-15-13(17)14-8-9-16(2)3/h4-7H,8-10H2,1-3H3,(H2,14,15,17). The maximum atomic E-state index is 5.19. The van der Waals surface area contributed by atoms with E-state index < -0.39 is 0 Å². The van der Waals surface area contributed by atoms with Crippen LogP contribution < -0.4 is 10.6 Å². The van der Waals surface area contributed by atoms with E-state index in [1.54, 1.807) is 0 Å². The summed E-state index contributed by atoms with van der Waals surface area (Å²) in [5.41, 5.74) is 2.52. The second kappa shape index (κ2) is 7.25. The molecule has 0 atom stereocenters. The Labute approximate surface area is 109 Å². The highest BCUT2D eigenvalue weighted by atomic mass is 32.1. The molecule has 1 aromatic rings. The molecule has 2 N–H and O–H groups in total. The van der Waals surface area contributed by atoms with Gasteiger partial charge < -0.3 is 15.5 Å². The number of hydrogen-bond acceptors (Lipinski definition) is 2. The Bertz CT molecular complexity index is 346. The molecule has 0 heterocycles. The van der Waals surface area contributed by atoms with Gasteiger partial charge in [0.25, 0.3) is 0 Å². The number of thiocarbonyl (C=S) groups is 1. The number of hydrogen-bond donors (Lipinski definition) is 2. The largest absolute Gasteiger partial charge is 0.361 e. The van der Waals surface area contributed by atoms with Crippen molar-refractivity contribution < 1.29 is 0 Å². The van der Waals surface area contributed by atoms with Crippen molar-refractivity contribution in [1.82, 2.24) is 15.5 Å². The highest BCUT2D eigenvalue weighted by Gasteiger charge is 1.96. The van der Waals surface area contributed by atoms with Crippen LogP contribution in [0.3, 0.4) is 0 Å². The molecule has 1 aromatic carbocycles. The molecule has 3 nitrogen and oxygen atoms in total. The van der Waals surface area contributed by atoms with Gasteiger partial charge in [-0.15, -0.1) is 0 Å². The number of nitrogens with one attached hydrogen (secondary N) is 2. The maximum Gasteiger partial charge on any atom is 0.166 e. The molecule has 0 bridgehead atoms. The number of nitrogens with zero attached hydrogens (tertiary/aromatic N) is 1. The van der Waals surface area contributed by atoms with Crippen molar-refractivity contribution in [2.45, 2.75) is 13.5 Å². The molecule has 0 aliphatic carbocycles. The zero-order valence-electron chi connectivity index (χ0n) is 10.8. The highest BCUT2D eigenvalue weighted by molar-refractivity contribution is 7.80. The topological polar surface area (TPSA) is 27.3 Å². The van der Waals surface area contributed by atoms with E-state index in [-0.39, 0.29) is 0 Å². The van der Waals surface area contributed by atoms with Gasteiger partial charge in [0.2, 0.25) is 0 Å². The van der Waals surface area contributed by atoms with Crippen LogP contribution >= 0.6 is 12.2 Å². The molecular formula is C13H21N3S. The first-order valence-corrected chi connectivity index (χ1v) is 6.21. The van der Waals surface area contributed by atoms with E-state index >= 15 is 0 Å². The smallest absolute Gasteiger partial charge is 0.166 e. The van der Waals surface area contributed by atoms with Gasteiger partial charge in [0.15, 0.2) is 5.11 Å². The van der Waals surface area contributed by atoms with Crippen molar-refractivity contribution >= 4 is 17.3 Å². The van der Waals surface area contributed by atoms with Crippen molar-refractivity contribution in [3.63, 3.8) is 0 Å². The molecule has 0 unspecified atom stereocenters. The van der Waals surface area contributed by atoms with Crippen LogP contribution in [0.15, 0.2) is 24.3 Å². The van der Waals surface area contributed by atoms with Crippen molar-refractivity contribution in [3.8, 4) is 0 Å². The van der Waals surface area contributed by atoms with E-state index in [0.717, 1.165) is 19.6 Å². The van der Waals surface area contributed by atoms with Gasteiger partial charge in [-0.25, -0.2) is 0 Å². The van der Waals surface area contributed by atoms with Gasteiger partial charge >= 0.3 is 0 Å². The van der Waals surface area contributed by atoms with Gasteiger partial charge in [0.1, 0.15) is 0 Å². The van der Waals surface area contributed by atoms with E-state index in [2.05, 4.69) is 46.7 Å². The van der Waals surface area contributed by atoms with Crippen molar-refractivity contribution in [1.29, 1.82) is 0 Å². The average Bonchev–Trinajstić information content (AvgIpc) is 2.28. The number of rotatable bonds is 5. The quantitative estimate of drug-likeness (QED) is 0.776. The second-order valence-corrected chi connectivity index (χ2v) is 4.81. The van der Waals surface area contributed by atoms with E-state index in [4.69, 9.17) is 12.2 Å². The first-order valence-electron chi connectivity index (χ1n) is 5.80. The fourth-order valence-corrected chi connectivity index (χ4v) is 1.52. The molecule has 1 rings (SSSR count). The molecule has 0 fully saturated rings. The lowest BCUT2D eigenvalue weighted by atomic mass is 10.1. The molecular weight excluding hydrogens is 230 g/mol. The molecule has 0 amide bonds. The van der Waals surface area contributed by atoms with E-state index in [0.29, 0.717) is 5.11 Å². The molecule has 0 aliphatic heterocycles. The number of benzene rings is 1. The van der Waals surface area contributed by atoms with Crippen LogP contribution in [0.2, 0.25) is 0 Å². The second-order valence-electron chi connectivity index (χ2n) is 4.40. The Balaban J connectivity index is 2.21. The molecule has 17 heavy (non-hydrogen) atoms. The Hall–Kier alpha value is -1.13. The van der Waals surface area contributed by atoms with Crippen molar-refractivity contribution in [3.05, 3.63) is 35.4 Å². The maximum absolute atomic E-state index is 5.19. The summed E-state index contributed by atoms with van der Waals surface area (Å²) in [4.78, 5) is 2.12. The van der Waals surface area contributed by atoms with Gasteiger partial charge in [-0.05, 0) is 38.8 Å². The number of aryl methyl sites for hydroxylation is 1. The predicted molar refractivity (Wildman–Crippen MR) is 77.2 cm³/mol. The monoisotopic (exact) mass is 251 g/mol. The van der Waals surface area contributed by atoms with Crippen LogP contribution in [0.25, 0.3) is 0 Å². The van der Waals surface area contributed by atoms with Crippen molar-refractivity contribution in [2.24, 2.45) is 0 Å². The molecule has 4 heteroatoms. The van der Waals surface area contributed by atoms with Gasteiger partial charge in [0.05, 0.1) is 0 Å². The summed E-state index contributed by atoms with van der Waals surface area (Å²) in [6, 6.07) is 8.45. The average molecular weight is 251 g/mol. The highest BCUT2D eigenvalue weighted by Crippen LogP contribution is 2.02. The summed E-state index contributed by atoms with van der Waals surface area (Å²) in [6.07, 6.45) is 0. The lowest BCUT2D eigenvalue weighted by molar-refractivity contribution is 0.412. The summed E-state index contributed by atoms with van der Waals surface area (Å²) < 4.78 is 0. The Morgan fingerprint density at radius 2 is 1.82 bits per heavy atom. The Morgan fingerprint density at radius 3 is 2.41 bits per heavy atom. The third-order valence-corrected chi connectivity index (χ3v) is 2.71. The Morgan fingerprint density at radius 1 is 1.18 bits per heavy atom. The normalized spacial score (nSPS) is 10.4. The minimum atomic E-state index is 0.715. The molecule has 0 aromatic heterocycles.